The molecule has 2 aliphatic heterocycles. The second-order valence-corrected chi connectivity index (χ2v) is 11.0. The molecule has 0 radical (unpaired) electrons. The second-order valence-electron chi connectivity index (χ2n) is 11.0. The van der Waals surface area contributed by atoms with Crippen LogP contribution in [0.4, 0.5) is 5.69 Å². The van der Waals surface area contributed by atoms with Crippen LogP contribution in [0.5, 0.6) is 23.0 Å². The number of benzene rings is 3. The molecule has 3 aromatic rings. The fourth-order valence-corrected chi connectivity index (χ4v) is 6.86. The summed E-state index contributed by atoms with van der Waals surface area (Å²) in [5.41, 5.74) is 1.29. The van der Waals surface area contributed by atoms with Gasteiger partial charge < -0.3 is 25.0 Å². The lowest BCUT2D eigenvalue weighted by molar-refractivity contribution is -0.125. The molecule has 3 aromatic carbocycles. The Morgan fingerprint density at radius 1 is 0.861 bits per heavy atom. The van der Waals surface area contributed by atoms with Gasteiger partial charge in [-0.2, -0.15) is 0 Å². The van der Waals surface area contributed by atoms with Gasteiger partial charge in [-0.1, -0.05) is 13.0 Å². The van der Waals surface area contributed by atoms with Crippen LogP contribution in [-0.2, 0) is 15.1 Å². The molecule has 1 amide bonds. The molecule has 2 bridgehead atoms. The van der Waals surface area contributed by atoms with Crippen LogP contribution in [-0.4, -0.2) is 22.1 Å². The molecule has 7 nitrogen and oxygen atoms in total. The minimum atomic E-state index is -1.31. The first-order valence-corrected chi connectivity index (χ1v) is 12.3. The highest BCUT2D eigenvalue weighted by Gasteiger charge is 2.56. The molecule has 1 spiro atoms. The molecule has 2 aliphatic carbocycles. The third kappa shape index (κ3) is 2.74. The SMILES string of the molecule is CC12CCC(C(=O)Nc3ccc4c(c3)C(=O)OC43c4ccc(O)cc4Oc4cc(O)ccc43)(CC1)C2. The molecule has 7 heteroatoms. The number of aromatic hydroxyl groups is 2. The fourth-order valence-electron chi connectivity index (χ4n) is 6.86. The number of rotatable bonds is 2. The van der Waals surface area contributed by atoms with Crippen molar-refractivity contribution < 1.29 is 29.3 Å². The molecular weight excluding hydrogens is 458 g/mol. The van der Waals surface area contributed by atoms with Crippen LogP contribution in [0.2, 0.25) is 0 Å². The summed E-state index contributed by atoms with van der Waals surface area (Å²) in [6.45, 7) is 2.27. The molecular formula is C29H25NO6. The molecule has 0 saturated heterocycles. The molecule has 2 saturated carbocycles. The van der Waals surface area contributed by atoms with Crippen molar-refractivity contribution >= 4 is 17.6 Å². The zero-order chi connectivity index (χ0) is 24.9. The number of phenolic OH excluding ortho intramolecular Hbond substituents is 2. The highest BCUT2D eigenvalue weighted by molar-refractivity contribution is 6.01. The fraction of sp³-hybridized carbons (Fsp3) is 0.310. The normalized spacial score (nSPS) is 26.1. The summed E-state index contributed by atoms with van der Waals surface area (Å²) in [6, 6.07) is 14.6. The topological polar surface area (TPSA) is 105 Å². The van der Waals surface area contributed by atoms with Gasteiger partial charge in [-0.05, 0) is 73.9 Å². The highest BCUT2D eigenvalue weighted by Crippen LogP contribution is 2.62. The first kappa shape index (κ1) is 21.3. The maximum Gasteiger partial charge on any atom is 0.340 e. The van der Waals surface area contributed by atoms with Crippen molar-refractivity contribution in [2.24, 2.45) is 10.8 Å². The molecule has 3 N–H and O–H groups in total. The maximum atomic E-state index is 13.3. The molecule has 4 aliphatic rings. The van der Waals surface area contributed by atoms with Crippen LogP contribution in [0, 0.1) is 10.8 Å². The van der Waals surface area contributed by atoms with Gasteiger partial charge in [0.1, 0.15) is 23.0 Å². The standard InChI is InChI=1S/C29H25NO6/c1-27-8-10-28(15-27,11-9-27)26(34)30-16-2-5-20-19(12-16)25(33)36-29(20)21-6-3-17(31)13-23(21)35-24-14-18(32)4-7-22(24)29/h2-7,12-14,31-32H,8-11,15H2,1H3,(H,30,34). The van der Waals surface area contributed by atoms with Crippen molar-refractivity contribution in [3.8, 4) is 23.0 Å². The van der Waals surface area contributed by atoms with E-state index in [0.29, 0.717) is 39.4 Å². The van der Waals surface area contributed by atoms with E-state index in [1.807, 2.05) is 0 Å². The minimum Gasteiger partial charge on any atom is -0.508 e. The quantitative estimate of drug-likeness (QED) is 0.411. The Balaban J connectivity index is 1.32. The number of fused-ring (bicyclic) bond motifs is 8. The Labute approximate surface area is 207 Å². The van der Waals surface area contributed by atoms with Crippen LogP contribution < -0.4 is 10.1 Å². The minimum absolute atomic E-state index is 0.00408. The van der Waals surface area contributed by atoms with Gasteiger partial charge in [0.2, 0.25) is 5.91 Å². The summed E-state index contributed by atoms with van der Waals surface area (Å²) in [7, 11) is 0. The summed E-state index contributed by atoms with van der Waals surface area (Å²) >= 11 is 0. The number of carbonyl (C=O) groups is 2. The largest absolute Gasteiger partial charge is 0.508 e. The molecule has 36 heavy (non-hydrogen) atoms. The van der Waals surface area contributed by atoms with Gasteiger partial charge in [0.05, 0.1) is 11.0 Å². The molecule has 0 atom stereocenters. The number of hydrogen-bond acceptors (Lipinski definition) is 6. The number of nitrogens with one attached hydrogen (secondary N) is 1. The third-order valence-corrected chi connectivity index (χ3v) is 8.69. The van der Waals surface area contributed by atoms with Gasteiger partial charge >= 0.3 is 5.97 Å². The van der Waals surface area contributed by atoms with Crippen LogP contribution in [0.3, 0.4) is 0 Å². The van der Waals surface area contributed by atoms with E-state index in [4.69, 9.17) is 9.47 Å². The van der Waals surface area contributed by atoms with Crippen molar-refractivity contribution in [2.45, 2.75) is 44.6 Å². The van der Waals surface area contributed by atoms with Gasteiger partial charge in [0, 0.05) is 34.5 Å². The van der Waals surface area contributed by atoms with Crippen LogP contribution >= 0.6 is 0 Å². The number of amides is 1. The Morgan fingerprint density at radius 3 is 2.06 bits per heavy atom. The van der Waals surface area contributed by atoms with E-state index in [-0.39, 0.29) is 28.2 Å². The molecule has 0 unspecified atom stereocenters. The Bertz CT molecular complexity index is 1430. The average molecular weight is 484 g/mol. The third-order valence-electron chi connectivity index (χ3n) is 8.69. The summed E-state index contributed by atoms with van der Waals surface area (Å²) in [4.78, 5) is 26.6. The lowest BCUT2D eigenvalue weighted by Crippen LogP contribution is -2.33. The lowest BCUT2D eigenvalue weighted by atomic mass is 9.77. The van der Waals surface area contributed by atoms with Crippen LogP contribution in [0.25, 0.3) is 0 Å². The number of carbonyl (C=O) groups excluding carboxylic acids is 2. The molecule has 7 rings (SSSR count). The summed E-state index contributed by atoms with van der Waals surface area (Å²) in [5, 5.41) is 23.2. The highest BCUT2D eigenvalue weighted by atomic mass is 16.6. The summed E-state index contributed by atoms with van der Waals surface area (Å²) < 4.78 is 12.1. The predicted molar refractivity (Wildman–Crippen MR) is 130 cm³/mol. The van der Waals surface area contributed by atoms with Crippen molar-refractivity contribution in [1.29, 1.82) is 0 Å². The zero-order valence-corrected chi connectivity index (χ0v) is 19.8. The smallest absolute Gasteiger partial charge is 0.340 e. The number of phenols is 2. The van der Waals surface area contributed by atoms with Crippen LogP contribution in [0.15, 0.2) is 54.6 Å². The lowest BCUT2D eigenvalue weighted by Gasteiger charge is -2.36. The first-order valence-electron chi connectivity index (χ1n) is 12.3. The molecule has 0 aromatic heterocycles. The van der Waals surface area contributed by atoms with Gasteiger partial charge in [0.15, 0.2) is 5.60 Å². The zero-order valence-electron chi connectivity index (χ0n) is 19.8. The van der Waals surface area contributed by atoms with E-state index in [2.05, 4.69) is 12.2 Å². The summed E-state index contributed by atoms with van der Waals surface area (Å²) in [6.07, 6.45) is 4.86. The maximum absolute atomic E-state index is 13.3. The number of ether oxygens (including phenoxy) is 2. The number of hydrogen-bond donors (Lipinski definition) is 3. The number of anilines is 1. The van der Waals surface area contributed by atoms with Crippen molar-refractivity contribution in [3.63, 3.8) is 0 Å². The van der Waals surface area contributed by atoms with Crippen molar-refractivity contribution in [3.05, 3.63) is 76.9 Å². The molecule has 182 valence electrons. The van der Waals surface area contributed by atoms with E-state index in [0.717, 1.165) is 32.1 Å². The monoisotopic (exact) mass is 483 g/mol. The van der Waals surface area contributed by atoms with Gasteiger partial charge in [-0.25, -0.2) is 4.79 Å². The van der Waals surface area contributed by atoms with Crippen molar-refractivity contribution in [2.75, 3.05) is 5.32 Å². The average Bonchev–Trinajstić information content (AvgIpc) is 3.47. The van der Waals surface area contributed by atoms with Crippen molar-refractivity contribution in [1.82, 2.24) is 0 Å². The van der Waals surface area contributed by atoms with Gasteiger partial charge in [-0.15, -0.1) is 0 Å². The van der Waals surface area contributed by atoms with E-state index >= 15 is 0 Å². The Kier molecular flexibility index (Phi) is 4.03. The Hall–Kier alpha value is -4.00. The molecule has 2 fully saturated rings. The van der Waals surface area contributed by atoms with Crippen LogP contribution in [0.1, 0.15) is 66.1 Å². The first-order chi connectivity index (χ1) is 17.2. The summed E-state index contributed by atoms with van der Waals surface area (Å²) in [5.74, 6) is 0.172. The van der Waals surface area contributed by atoms with E-state index in [1.54, 1.807) is 30.3 Å². The van der Waals surface area contributed by atoms with E-state index in [1.165, 1.54) is 24.3 Å². The van der Waals surface area contributed by atoms with E-state index < -0.39 is 11.6 Å². The Morgan fingerprint density at radius 2 is 1.47 bits per heavy atom. The van der Waals surface area contributed by atoms with Gasteiger partial charge in [-0.3, -0.25) is 4.79 Å². The molecule has 2 heterocycles. The van der Waals surface area contributed by atoms with Gasteiger partial charge in [0.25, 0.3) is 0 Å². The van der Waals surface area contributed by atoms with E-state index in [9.17, 15) is 19.8 Å². The number of esters is 1. The second kappa shape index (κ2) is 6.81. The predicted octanol–water partition coefficient (Wildman–Crippen LogP) is 5.57.